The summed E-state index contributed by atoms with van der Waals surface area (Å²) in [6.07, 6.45) is 9.83. The molecule has 7 heteroatoms. The molecule has 0 atom stereocenters. The van der Waals surface area contributed by atoms with Crippen molar-refractivity contribution in [1.82, 2.24) is 9.71 Å². The molecule has 25 heavy (non-hydrogen) atoms. The molecule has 0 bridgehead atoms. The van der Waals surface area contributed by atoms with Crippen molar-refractivity contribution >= 4 is 26.8 Å². The molecular formula is C18H24N4O2S. The van der Waals surface area contributed by atoms with Gasteiger partial charge in [0.15, 0.2) is 0 Å². The fourth-order valence-corrected chi connectivity index (χ4v) is 3.04. The maximum absolute atomic E-state index is 10.8. The first-order valence-corrected chi connectivity index (χ1v) is 9.74. The minimum absolute atomic E-state index is 0.352. The lowest BCUT2D eigenvalue weighted by molar-refractivity contribution is 0.577. The number of benzene rings is 1. The lowest BCUT2D eigenvalue weighted by Gasteiger charge is -2.13. The molecule has 0 aliphatic heterocycles. The van der Waals surface area contributed by atoms with Crippen LogP contribution in [0.4, 0.5) is 5.69 Å². The van der Waals surface area contributed by atoms with Gasteiger partial charge in [-0.05, 0) is 49.9 Å². The van der Waals surface area contributed by atoms with Crippen LogP contribution in [0.1, 0.15) is 36.0 Å². The fourth-order valence-electron chi connectivity index (χ4n) is 2.61. The van der Waals surface area contributed by atoms with Crippen LogP contribution in [0.3, 0.4) is 0 Å². The smallest absolute Gasteiger partial charge is 0.274 e. The molecule has 0 spiro atoms. The van der Waals surface area contributed by atoms with Crippen LogP contribution >= 0.6 is 0 Å². The van der Waals surface area contributed by atoms with Gasteiger partial charge in [-0.2, -0.15) is 8.42 Å². The van der Waals surface area contributed by atoms with E-state index < -0.39 is 10.2 Å². The zero-order chi connectivity index (χ0) is 18.4. The summed E-state index contributed by atoms with van der Waals surface area (Å²) in [6.45, 7) is 5.23. The number of fused-ring (bicyclic) bond motifs is 1. The molecule has 134 valence electrons. The number of nitrogens with two attached hydrogens (primary N) is 1. The van der Waals surface area contributed by atoms with Crippen molar-refractivity contribution in [2.75, 3.05) is 18.4 Å². The summed E-state index contributed by atoms with van der Waals surface area (Å²) in [5.74, 6) is 2.68. The zero-order valence-electron chi connectivity index (χ0n) is 14.6. The second-order valence-electron chi connectivity index (χ2n) is 6.07. The van der Waals surface area contributed by atoms with E-state index in [9.17, 15) is 8.42 Å². The Labute approximate surface area is 149 Å². The molecule has 6 nitrogen and oxygen atoms in total. The van der Waals surface area contributed by atoms with Crippen LogP contribution in [0.15, 0.2) is 18.3 Å². The van der Waals surface area contributed by atoms with E-state index in [-0.39, 0.29) is 0 Å². The molecule has 0 radical (unpaired) electrons. The van der Waals surface area contributed by atoms with Gasteiger partial charge in [-0.1, -0.05) is 12.3 Å². The highest BCUT2D eigenvalue weighted by molar-refractivity contribution is 7.87. The van der Waals surface area contributed by atoms with E-state index in [1.54, 1.807) is 6.20 Å². The van der Waals surface area contributed by atoms with Gasteiger partial charge in [0.05, 0.1) is 16.8 Å². The Morgan fingerprint density at radius 2 is 1.84 bits per heavy atom. The van der Waals surface area contributed by atoms with Gasteiger partial charge in [-0.3, -0.25) is 4.98 Å². The summed E-state index contributed by atoms with van der Waals surface area (Å²) >= 11 is 0. The number of terminal acetylenes is 1. The van der Waals surface area contributed by atoms with E-state index in [4.69, 9.17) is 11.6 Å². The number of aryl methyl sites for hydroxylation is 2. The van der Waals surface area contributed by atoms with E-state index >= 15 is 0 Å². The molecule has 1 aromatic heterocycles. The Balaban J connectivity index is 2.00. The van der Waals surface area contributed by atoms with E-state index in [1.165, 1.54) is 11.1 Å². The SMILES string of the molecule is C#Cc1cnc2cc(C)c(C)cc2c1NCCCCCNS(N)(=O)=O. The van der Waals surface area contributed by atoms with Gasteiger partial charge in [0.1, 0.15) is 0 Å². The molecule has 0 unspecified atom stereocenters. The summed E-state index contributed by atoms with van der Waals surface area (Å²) in [5.41, 5.74) is 4.98. The number of nitrogens with zero attached hydrogens (tertiary/aromatic N) is 1. The van der Waals surface area contributed by atoms with Gasteiger partial charge in [-0.25, -0.2) is 9.86 Å². The van der Waals surface area contributed by atoms with Crippen molar-refractivity contribution in [3.8, 4) is 12.3 Å². The Bertz CT molecular complexity index is 901. The lowest BCUT2D eigenvalue weighted by Crippen LogP contribution is -2.31. The number of unbranched alkanes of at least 4 members (excludes halogenated alkanes) is 2. The molecule has 0 aliphatic carbocycles. The largest absolute Gasteiger partial charge is 0.383 e. The van der Waals surface area contributed by atoms with Crippen molar-refractivity contribution in [1.29, 1.82) is 0 Å². The number of aromatic nitrogens is 1. The molecular weight excluding hydrogens is 336 g/mol. The number of pyridine rings is 1. The number of rotatable bonds is 8. The summed E-state index contributed by atoms with van der Waals surface area (Å²) in [4.78, 5) is 4.45. The average Bonchev–Trinajstić information content (AvgIpc) is 2.54. The van der Waals surface area contributed by atoms with E-state index in [1.807, 2.05) is 0 Å². The van der Waals surface area contributed by atoms with Crippen LogP contribution in [0.25, 0.3) is 10.9 Å². The van der Waals surface area contributed by atoms with Crippen molar-refractivity contribution in [3.63, 3.8) is 0 Å². The Morgan fingerprint density at radius 1 is 1.16 bits per heavy atom. The second-order valence-corrected chi connectivity index (χ2v) is 7.45. The molecule has 0 fully saturated rings. The van der Waals surface area contributed by atoms with Crippen LogP contribution < -0.4 is 15.2 Å². The summed E-state index contributed by atoms with van der Waals surface area (Å²) in [7, 11) is -3.60. The van der Waals surface area contributed by atoms with Crippen LogP contribution in [0.5, 0.6) is 0 Å². The van der Waals surface area contributed by atoms with Gasteiger partial charge in [0, 0.05) is 24.7 Å². The highest BCUT2D eigenvalue weighted by Crippen LogP contribution is 2.28. The van der Waals surface area contributed by atoms with Crippen molar-refractivity contribution in [2.24, 2.45) is 5.14 Å². The molecule has 0 saturated heterocycles. The number of hydrogen-bond acceptors (Lipinski definition) is 4. The minimum Gasteiger partial charge on any atom is -0.383 e. The van der Waals surface area contributed by atoms with Crippen molar-refractivity contribution < 1.29 is 8.42 Å². The van der Waals surface area contributed by atoms with E-state index in [2.05, 4.69) is 46.9 Å². The second kappa shape index (κ2) is 8.30. The first-order chi connectivity index (χ1) is 11.8. The monoisotopic (exact) mass is 360 g/mol. The quantitative estimate of drug-likeness (QED) is 0.497. The number of hydrogen-bond donors (Lipinski definition) is 3. The van der Waals surface area contributed by atoms with Gasteiger partial charge in [-0.15, -0.1) is 6.42 Å². The molecule has 0 aliphatic rings. The molecule has 2 aromatic rings. The van der Waals surface area contributed by atoms with E-state index in [0.717, 1.165) is 48.0 Å². The first kappa shape index (κ1) is 19.2. The predicted octanol–water partition coefficient (Wildman–Crippen LogP) is 2.21. The molecule has 1 heterocycles. The zero-order valence-corrected chi connectivity index (χ0v) is 15.4. The van der Waals surface area contributed by atoms with Gasteiger partial charge < -0.3 is 5.32 Å². The molecule has 4 N–H and O–H groups in total. The van der Waals surface area contributed by atoms with Crippen LogP contribution in [0.2, 0.25) is 0 Å². The Hall–Kier alpha value is -2.14. The predicted molar refractivity (Wildman–Crippen MR) is 103 cm³/mol. The summed E-state index contributed by atoms with van der Waals surface area (Å²) < 4.78 is 23.8. The molecule has 0 saturated carbocycles. The highest BCUT2D eigenvalue weighted by atomic mass is 32.2. The third kappa shape index (κ3) is 5.43. The van der Waals surface area contributed by atoms with Crippen molar-refractivity contribution in [2.45, 2.75) is 33.1 Å². The standard InChI is InChI=1S/C18H24N4O2S/c1-4-15-12-21-17-11-14(3)13(2)10-16(17)18(15)20-8-6-5-7-9-22-25(19,23)24/h1,10-12,22H,5-9H2,2-3H3,(H,20,21)(H2,19,23,24). The van der Waals surface area contributed by atoms with Crippen molar-refractivity contribution in [3.05, 3.63) is 35.0 Å². The maximum Gasteiger partial charge on any atom is 0.274 e. The van der Waals surface area contributed by atoms with Gasteiger partial charge in [0.25, 0.3) is 10.2 Å². The third-order valence-corrected chi connectivity index (χ3v) is 4.70. The Kier molecular flexibility index (Phi) is 6.37. The third-order valence-electron chi connectivity index (χ3n) is 4.10. The first-order valence-electron chi connectivity index (χ1n) is 8.19. The van der Waals surface area contributed by atoms with Gasteiger partial charge in [0.2, 0.25) is 0 Å². The van der Waals surface area contributed by atoms with Crippen LogP contribution in [-0.2, 0) is 10.2 Å². The highest BCUT2D eigenvalue weighted by Gasteiger charge is 2.09. The van der Waals surface area contributed by atoms with Gasteiger partial charge >= 0.3 is 0 Å². The molecule has 1 aromatic carbocycles. The van der Waals surface area contributed by atoms with E-state index in [0.29, 0.717) is 6.54 Å². The normalized spacial score (nSPS) is 11.4. The maximum atomic E-state index is 10.8. The number of anilines is 1. The molecule has 2 rings (SSSR count). The summed E-state index contributed by atoms with van der Waals surface area (Å²) in [5, 5.41) is 9.32. The molecule has 0 amide bonds. The lowest BCUT2D eigenvalue weighted by atomic mass is 10.0. The van der Waals surface area contributed by atoms with Crippen LogP contribution in [-0.4, -0.2) is 26.5 Å². The Morgan fingerprint density at radius 3 is 2.52 bits per heavy atom. The summed E-state index contributed by atoms with van der Waals surface area (Å²) in [6, 6.07) is 4.17. The number of nitrogens with one attached hydrogen (secondary N) is 2. The minimum atomic E-state index is -3.60. The average molecular weight is 360 g/mol. The van der Waals surface area contributed by atoms with Crippen LogP contribution in [0, 0.1) is 26.2 Å². The topological polar surface area (TPSA) is 97.1 Å². The fraction of sp³-hybridized carbons (Fsp3) is 0.389.